The molecule has 6 heteroatoms. The lowest BCUT2D eigenvalue weighted by molar-refractivity contribution is 0.102. The smallest absolute Gasteiger partial charge is 0.255 e. The molecular weight excluding hydrogens is 398 g/mol. The number of para-hydroxylation sites is 1. The number of hydrogen-bond acceptors (Lipinski definition) is 3. The number of benzene rings is 3. The van der Waals surface area contributed by atoms with Gasteiger partial charge in [0.05, 0.1) is 24.1 Å². The van der Waals surface area contributed by atoms with E-state index in [4.69, 9.17) is 0 Å². The van der Waals surface area contributed by atoms with Gasteiger partial charge in [-0.3, -0.25) is 9.48 Å². The highest BCUT2D eigenvalue weighted by Gasteiger charge is 2.13. The van der Waals surface area contributed by atoms with Crippen LogP contribution in [0.25, 0.3) is 16.9 Å². The Morgan fingerprint density at radius 1 is 0.812 bits per heavy atom. The van der Waals surface area contributed by atoms with E-state index in [-0.39, 0.29) is 5.91 Å². The number of anilines is 1. The molecule has 0 fully saturated rings. The Labute approximate surface area is 185 Å². The second-order valence-electron chi connectivity index (χ2n) is 7.36. The number of nitrogens with zero attached hydrogens (tertiary/aromatic N) is 4. The quantitative estimate of drug-likeness (QED) is 0.420. The lowest BCUT2D eigenvalue weighted by atomic mass is 10.1. The molecule has 0 aliphatic carbocycles. The van der Waals surface area contributed by atoms with Gasteiger partial charge in [0, 0.05) is 29.2 Å². The molecule has 1 N–H and O–H groups in total. The molecule has 5 rings (SSSR count). The number of rotatable bonds is 6. The van der Waals surface area contributed by atoms with Crippen LogP contribution in [0.2, 0.25) is 0 Å². The summed E-state index contributed by atoms with van der Waals surface area (Å²) in [5, 5.41) is 11.8. The largest absolute Gasteiger partial charge is 0.322 e. The Balaban J connectivity index is 1.41. The molecule has 0 atom stereocenters. The molecule has 32 heavy (non-hydrogen) atoms. The first-order valence-electron chi connectivity index (χ1n) is 10.3. The van der Waals surface area contributed by atoms with E-state index in [1.165, 1.54) is 0 Å². The first-order valence-corrected chi connectivity index (χ1v) is 10.3. The summed E-state index contributed by atoms with van der Waals surface area (Å²) >= 11 is 0. The van der Waals surface area contributed by atoms with E-state index in [1.807, 2.05) is 100 Å². The lowest BCUT2D eigenvalue weighted by Crippen LogP contribution is -2.15. The van der Waals surface area contributed by atoms with Gasteiger partial charge in [0.15, 0.2) is 0 Å². The average molecular weight is 419 g/mol. The van der Waals surface area contributed by atoms with Crippen LogP contribution in [0.3, 0.4) is 0 Å². The number of amides is 1. The van der Waals surface area contributed by atoms with Crippen LogP contribution in [0.1, 0.15) is 15.9 Å². The molecule has 0 saturated heterocycles. The molecule has 0 unspecified atom stereocenters. The standard InChI is InChI=1S/C26H21N5O/c32-26(29-24-13-5-4-10-22(24)19-30-17-7-15-27-30)21-11-6-12-23(18-21)31-25(14-16-28-31)20-8-2-1-3-9-20/h1-18H,19H2,(H,29,32). The highest BCUT2D eigenvalue weighted by molar-refractivity contribution is 6.05. The van der Waals surface area contributed by atoms with Crippen LogP contribution in [0.15, 0.2) is 110 Å². The van der Waals surface area contributed by atoms with Gasteiger partial charge in [-0.15, -0.1) is 0 Å². The van der Waals surface area contributed by atoms with Gasteiger partial charge in [-0.05, 0) is 42.0 Å². The van der Waals surface area contributed by atoms with Crippen molar-refractivity contribution in [3.05, 3.63) is 121 Å². The fourth-order valence-corrected chi connectivity index (χ4v) is 3.66. The van der Waals surface area contributed by atoms with Crippen molar-refractivity contribution in [1.29, 1.82) is 0 Å². The normalized spacial score (nSPS) is 10.8. The van der Waals surface area contributed by atoms with Gasteiger partial charge in [-0.1, -0.05) is 54.6 Å². The monoisotopic (exact) mass is 419 g/mol. The predicted octanol–water partition coefficient (Wildman–Crippen LogP) is 5.04. The van der Waals surface area contributed by atoms with Gasteiger partial charge in [-0.2, -0.15) is 10.2 Å². The Morgan fingerprint density at radius 2 is 1.66 bits per heavy atom. The minimum absolute atomic E-state index is 0.173. The van der Waals surface area contributed by atoms with Crippen molar-refractivity contribution in [3.8, 4) is 16.9 Å². The van der Waals surface area contributed by atoms with Crippen LogP contribution in [0.5, 0.6) is 0 Å². The summed E-state index contributed by atoms with van der Waals surface area (Å²) in [6, 6.07) is 29.1. The topological polar surface area (TPSA) is 64.7 Å². The van der Waals surface area contributed by atoms with Crippen molar-refractivity contribution in [2.24, 2.45) is 0 Å². The summed E-state index contributed by atoms with van der Waals surface area (Å²) in [6.45, 7) is 0.581. The molecule has 0 radical (unpaired) electrons. The molecular formula is C26H21N5O. The minimum Gasteiger partial charge on any atom is -0.322 e. The highest BCUT2D eigenvalue weighted by Crippen LogP contribution is 2.23. The second kappa shape index (κ2) is 8.73. The van der Waals surface area contributed by atoms with E-state index in [0.29, 0.717) is 12.1 Å². The van der Waals surface area contributed by atoms with Crippen LogP contribution in [0.4, 0.5) is 5.69 Å². The van der Waals surface area contributed by atoms with Crippen molar-refractivity contribution in [2.75, 3.05) is 5.32 Å². The van der Waals surface area contributed by atoms with Crippen molar-refractivity contribution in [3.63, 3.8) is 0 Å². The molecule has 1 amide bonds. The van der Waals surface area contributed by atoms with Crippen LogP contribution in [-0.4, -0.2) is 25.5 Å². The summed E-state index contributed by atoms with van der Waals surface area (Å²) in [6.07, 6.45) is 5.41. The summed E-state index contributed by atoms with van der Waals surface area (Å²) in [4.78, 5) is 13.1. The molecule has 3 aromatic carbocycles. The zero-order chi connectivity index (χ0) is 21.8. The minimum atomic E-state index is -0.173. The van der Waals surface area contributed by atoms with Gasteiger partial charge in [0.1, 0.15) is 0 Å². The zero-order valence-electron chi connectivity index (χ0n) is 17.3. The third-order valence-electron chi connectivity index (χ3n) is 5.22. The Hall–Kier alpha value is -4.45. The predicted molar refractivity (Wildman–Crippen MR) is 125 cm³/mol. The van der Waals surface area contributed by atoms with Crippen molar-refractivity contribution in [1.82, 2.24) is 19.6 Å². The average Bonchev–Trinajstić information content (AvgIpc) is 3.53. The van der Waals surface area contributed by atoms with E-state index in [1.54, 1.807) is 18.5 Å². The van der Waals surface area contributed by atoms with Gasteiger partial charge in [-0.25, -0.2) is 4.68 Å². The highest BCUT2D eigenvalue weighted by atomic mass is 16.1. The molecule has 0 bridgehead atoms. The number of nitrogens with one attached hydrogen (secondary N) is 1. The molecule has 5 aromatic rings. The van der Waals surface area contributed by atoms with E-state index < -0.39 is 0 Å². The maximum absolute atomic E-state index is 13.1. The number of hydrogen-bond donors (Lipinski definition) is 1. The molecule has 6 nitrogen and oxygen atoms in total. The number of carbonyl (C=O) groups excluding carboxylic acids is 1. The van der Waals surface area contributed by atoms with Gasteiger partial charge >= 0.3 is 0 Å². The van der Waals surface area contributed by atoms with Gasteiger partial charge < -0.3 is 5.32 Å². The van der Waals surface area contributed by atoms with E-state index in [2.05, 4.69) is 15.5 Å². The van der Waals surface area contributed by atoms with Crippen molar-refractivity contribution >= 4 is 11.6 Å². The van der Waals surface area contributed by atoms with Crippen molar-refractivity contribution in [2.45, 2.75) is 6.54 Å². The van der Waals surface area contributed by atoms with Crippen LogP contribution >= 0.6 is 0 Å². The third kappa shape index (κ3) is 4.06. The van der Waals surface area contributed by atoms with Crippen LogP contribution in [0, 0.1) is 0 Å². The van der Waals surface area contributed by atoms with E-state index in [9.17, 15) is 4.79 Å². The number of aromatic nitrogens is 4. The van der Waals surface area contributed by atoms with Crippen LogP contribution in [-0.2, 0) is 6.54 Å². The molecule has 0 spiro atoms. The van der Waals surface area contributed by atoms with Gasteiger partial charge in [0.25, 0.3) is 5.91 Å². The van der Waals surface area contributed by atoms with E-state index in [0.717, 1.165) is 28.2 Å². The van der Waals surface area contributed by atoms with Gasteiger partial charge in [0.2, 0.25) is 0 Å². The molecule has 156 valence electrons. The fraction of sp³-hybridized carbons (Fsp3) is 0.0385. The summed E-state index contributed by atoms with van der Waals surface area (Å²) in [7, 11) is 0. The van der Waals surface area contributed by atoms with E-state index >= 15 is 0 Å². The first-order chi connectivity index (χ1) is 15.8. The SMILES string of the molecule is O=C(Nc1ccccc1Cn1cccn1)c1cccc(-n2nccc2-c2ccccc2)c1. The zero-order valence-corrected chi connectivity index (χ0v) is 17.3. The Morgan fingerprint density at radius 3 is 2.50 bits per heavy atom. The van der Waals surface area contributed by atoms with Crippen molar-refractivity contribution < 1.29 is 4.79 Å². The Bertz CT molecular complexity index is 1340. The fourth-order valence-electron chi connectivity index (χ4n) is 3.66. The lowest BCUT2D eigenvalue weighted by Gasteiger charge is -2.13. The molecule has 0 aliphatic heterocycles. The molecule has 2 aromatic heterocycles. The third-order valence-corrected chi connectivity index (χ3v) is 5.22. The molecule has 0 saturated carbocycles. The summed E-state index contributed by atoms with van der Waals surface area (Å²) in [5.74, 6) is -0.173. The summed E-state index contributed by atoms with van der Waals surface area (Å²) in [5.41, 5.74) is 5.17. The molecule has 0 aliphatic rings. The second-order valence-corrected chi connectivity index (χ2v) is 7.36. The molecule has 2 heterocycles. The maximum atomic E-state index is 13.1. The first kappa shape index (κ1) is 19.5. The summed E-state index contributed by atoms with van der Waals surface area (Å²) < 4.78 is 3.67. The Kier molecular flexibility index (Phi) is 5.32. The number of carbonyl (C=O) groups is 1. The van der Waals surface area contributed by atoms with Crippen LogP contribution < -0.4 is 5.32 Å². The maximum Gasteiger partial charge on any atom is 0.255 e.